The van der Waals surface area contributed by atoms with Crippen molar-refractivity contribution in [3.8, 4) is 6.07 Å². The van der Waals surface area contributed by atoms with E-state index in [9.17, 15) is 9.59 Å². The number of benzene rings is 1. The molecule has 0 fully saturated rings. The second-order valence-corrected chi connectivity index (χ2v) is 4.77. The summed E-state index contributed by atoms with van der Waals surface area (Å²) < 4.78 is 0. The van der Waals surface area contributed by atoms with Crippen molar-refractivity contribution < 1.29 is 9.59 Å². The van der Waals surface area contributed by atoms with Gasteiger partial charge in [-0.25, -0.2) is 4.90 Å². The molecule has 0 saturated carbocycles. The summed E-state index contributed by atoms with van der Waals surface area (Å²) in [7, 11) is 0. The number of nitrogens with two attached hydrogens (primary N) is 1. The molecular formula is C12H11N3O2S. The molecule has 2 N–H and O–H groups in total. The monoisotopic (exact) mass is 261 g/mol. The molecule has 1 aromatic carbocycles. The van der Waals surface area contributed by atoms with Gasteiger partial charge < -0.3 is 5.73 Å². The maximum atomic E-state index is 11.8. The molecule has 6 heteroatoms. The molecule has 0 bridgehead atoms. The first-order chi connectivity index (χ1) is 8.67. The summed E-state index contributed by atoms with van der Waals surface area (Å²) >= 11 is 1.39. The van der Waals surface area contributed by atoms with Crippen LogP contribution in [0.3, 0.4) is 0 Å². The van der Waals surface area contributed by atoms with E-state index in [2.05, 4.69) is 0 Å². The number of amides is 2. The van der Waals surface area contributed by atoms with Gasteiger partial charge in [0.05, 0.1) is 17.5 Å². The summed E-state index contributed by atoms with van der Waals surface area (Å²) in [5.74, 6) is -0.563. The van der Waals surface area contributed by atoms with Crippen molar-refractivity contribution in [2.45, 2.75) is 17.9 Å². The van der Waals surface area contributed by atoms with Crippen LogP contribution >= 0.6 is 11.8 Å². The van der Waals surface area contributed by atoms with Gasteiger partial charge in [0, 0.05) is 11.4 Å². The van der Waals surface area contributed by atoms with Crippen molar-refractivity contribution in [1.82, 2.24) is 0 Å². The van der Waals surface area contributed by atoms with E-state index in [1.807, 2.05) is 12.1 Å². The van der Waals surface area contributed by atoms with E-state index in [-0.39, 0.29) is 18.1 Å². The highest BCUT2D eigenvalue weighted by molar-refractivity contribution is 8.00. The number of nitrogens with zero attached hydrogens (tertiary/aromatic N) is 2. The Balaban J connectivity index is 2.45. The van der Waals surface area contributed by atoms with Gasteiger partial charge in [0.25, 0.3) is 0 Å². The van der Waals surface area contributed by atoms with Crippen LogP contribution in [0.1, 0.15) is 12.0 Å². The normalized spacial score (nSPS) is 14.0. The molecule has 0 aliphatic carbocycles. The van der Waals surface area contributed by atoms with E-state index < -0.39 is 5.91 Å². The highest BCUT2D eigenvalue weighted by Crippen LogP contribution is 2.36. The number of rotatable bonds is 2. The number of thioether (sulfide) groups is 1. The second-order valence-electron chi connectivity index (χ2n) is 3.75. The molecule has 1 heterocycles. The molecule has 2 rings (SSSR count). The van der Waals surface area contributed by atoms with Crippen LogP contribution < -0.4 is 10.6 Å². The number of hydrogen-bond donors (Lipinski definition) is 1. The Bertz CT molecular complexity index is 551. The Hall–Kier alpha value is -1.84. The smallest absolute Gasteiger partial charge is 0.248 e. The minimum absolute atomic E-state index is 0.214. The number of fused-ring (bicyclic) bond motifs is 1. The topological polar surface area (TPSA) is 87.2 Å². The predicted molar refractivity (Wildman–Crippen MR) is 67.8 cm³/mol. The van der Waals surface area contributed by atoms with Crippen LogP contribution in [0.4, 0.5) is 5.69 Å². The van der Waals surface area contributed by atoms with Crippen molar-refractivity contribution in [3.63, 3.8) is 0 Å². The Morgan fingerprint density at radius 2 is 2.33 bits per heavy atom. The molecule has 0 atom stereocenters. The number of anilines is 1. The van der Waals surface area contributed by atoms with Crippen LogP contribution in [0.5, 0.6) is 0 Å². The summed E-state index contributed by atoms with van der Waals surface area (Å²) in [6.07, 6.45) is -0.303. The highest BCUT2D eigenvalue weighted by Gasteiger charge is 2.29. The SMILES string of the molecule is N#CCC(=O)N1C(=O)CSc2ccc(CN)cc21. The lowest BCUT2D eigenvalue weighted by molar-refractivity contribution is -0.124. The van der Waals surface area contributed by atoms with E-state index in [4.69, 9.17) is 11.0 Å². The van der Waals surface area contributed by atoms with Gasteiger partial charge >= 0.3 is 0 Å². The molecule has 0 aromatic heterocycles. The summed E-state index contributed by atoms with van der Waals surface area (Å²) in [6, 6.07) is 7.22. The van der Waals surface area contributed by atoms with Crippen LogP contribution in [-0.2, 0) is 16.1 Å². The minimum Gasteiger partial charge on any atom is -0.326 e. The fraction of sp³-hybridized carbons (Fsp3) is 0.250. The first-order valence-electron chi connectivity index (χ1n) is 5.36. The molecule has 0 unspecified atom stereocenters. The van der Waals surface area contributed by atoms with E-state index in [0.717, 1.165) is 15.4 Å². The van der Waals surface area contributed by atoms with Crippen LogP contribution in [0.2, 0.25) is 0 Å². The zero-order valence-electron chi connectivity index (χ0n) is 9.55. The number of hydrogen-bond acceptors (Lipinski definition) is 5. The number of carbonyl (C=O) groups is 2. The largest absolute Gasteiger partial charge is 0.326 e. The third-order valence-electron chi connectivity index (χ3n) is 2.58. The fourth-order valence-corrected chi connectivity index (χ4v) is 2.62. The lowest BCUT2D eigenvalue weighted by Gasteiger charge is -2.27. The summed E-state index contributed by atoms with van der Waals surface area (Å²) in [5.41, 5.74) is 6.94. The lowest BCUT2D eigenvalue weighted by atomic mass is 10.1. The van der Waals surface area contributed by atoms with Crippen LogP contribution in [0.25, 0.3) is 0 Å². The van der Waals surface area contributed by atoms with Crippen molar-refractivity contribution in [1.29, 1.82) is 5.26 Å². The molecule has 5 nitrogen and oxygen atoms in total. The Morgan fingerprint density at radius 3 is 3.00 bits per heavy atom. The van der Waals surface area contributed by atoms with Gasteiger partial charge in [0.15, 0.2) is 0 Å². The van der Waals surface area contributed by atoms with Gasteiger partial charge in [-0.05, 0) is 17.7 Å². The summed E-state index contributed by atoms with van der Waals surface area (Å²) in [5, 5.41) is 8.57. The summed E-state index contributed by atoms with van der Waals surface area (Å²) in [6.45, 7) is 0.340. The van der Waals surface area contributed by atoms with Gasteiger partial charge in [-0.3, -0.25) is 9.59 Å². The van der Waals surface area contributed by atoms with E-state index in [0.29, 0.717) is 12.2 Å². The van der Waals surface area contributed by atoms with E-state index in [1.54, 1.807) is 12.1 Å². The van der Waals surface area contributed by atoms with Crippen LogP contribution in [0, 0.1) is 11.3 Å². The van der Waals surface area contributed by atoms with Crippen molar-refractivity contribution >= 4 is 29.3 Å². The molecule has 1 aliphatic rings. The number of nitriles is 1. The molecule has 1 aromatic rings. The first-order valence-corrected chi connectivity index (χ1v) is 6.34. The van der Waals surface area contributed by atoms with Crippen molar-refractivity contribution in [2.75, 3.05) is 10.7 Å². The zero-order valence-corrected chi connectivity index (χ0v) is 10.4. The Labute approximate surface area is 109 Å². The van der Waals surface area contributed by atoms with Crippen molar-refractivity contribution in [3.05, 3.63) is 23.8 Å². The maximum absolute atomic E-state index is 11.8. The van der Waals surface area contributed by atoms with E-state index >= 15 is 0 Å². The van der Waals surface area contributed by atoms with Crippen LogP contribution in [-0.4, -0.2) is 17.6 Å². The van der Waals surface area contributed by atoms with Gasteiger partial charge in [-0.2, -0.15) is 5.26 Å². The molecule has 0 saturated heterocycles. The predicted octanol–water partition coefficient (Wildman–Crippen LogP) is 1.02. The van der Waals surface area contributed by atoms with Gasteiger partial charge in [-0.1, -0.05) is 6.07 Å². The fourth-order valence-electron chi connectivity index (χ4n) is 1.75. The quantitative estimate of drug-likeness (QED) is 0.859. The average molecular weight is 261 g/mol. The molecule has 2 amide bonds. The molecule has 0 spiro atoms. The van der Waals surface area contributed by atoms with Gasteiger partial charge in [-0.15, -0.1) is 11.8 Å². The minimum atomic E-state index is -0.488. The first kappa shape index (κ1) is 12.6. The average Bonchev–Trinajstić information content (AvgIpc) is 2.38. The standard InChI is InChI=1S/C12H11N3O2S/c13-4-3-11(16)15-9-5-8(6-14)1-2-10(9)18-7-12(15)17/h1-2,5H,3,6-7,14H2. The van der Waals surface area contributed by atoms with Crippen molar-refractivity contribution in [2.24, 2.45) is 5.73 Å². The van der Waals surface area contributed by atoms with Gasteiger partial charge in [0.2, 0.25) is 11.8 Å². The maximum Gasteiger partial charge on any atom is 0.248 e. The number of imide groups is 1. The highest BCUT2D eigenvalue weighted by atomic mass is 32.2. The molecule has 0 radical (unpaired) electrons. The Morgan fingerprint density at radius 1 is 1.56 bits per heavy atom. The Kier molecular flexibility index (Phi) is 3.65. The van der Waals surface area contributed by atoms with Crippen LogP contribution in [0.15, 0.2) is 23.1 Å². The molecular weight excluding hydrogens is 250 g/mol. The third kappa shape index (κ3) is 2.23. The lowest BCUT2D eigenvalue weighted by Crippen LogP contribution is -2.40. The zero-order chi connectivity index (χ0) is 13.1. The third-order valence-corrected chi connectivity index (χ3v) is 3.63. The van der Waals surface area contributed by atoms with Gasteiger partial charge in [0.1, 0.15) is 6.42 Å². The molecule has 18 heavy (non-hydrogen) atoms. The molecule has 92 valence electrons. The van der Waals surface area contributed by atoms with E-state index in [1.165, 1.54) is 11.8 Å². The number of carbonyl (C=O) groups excluding carboxylic acids is 2. The summed E-state index contributed by atoms with van der Waals surface area (Å²) in [4.78, 5) is 25.6. The molecule has 1 aliphatic heterocycles. The second kappa shape index (κ2) is 5.21.